The number of hydrogen-bond donors (Lipinski definition) is 1. The van der Waals surface area contributed by atoms with Gasteiger partial charge in [0, 0.05) is 51.0 Å². The number of carbonyl (C=O) groups excluding carboxylic acids is 1. The molecule has 112 valence electrons. The van der Waals surface area contributed by atoms with Crippen molar-refractivity contribution in [1.82, 2.24) is 24.9 Å². The molecule has 0 aromatic carbocycles. The summed E-state index contributed by atoms with van der Waals surface area (Å²) in [5.41, 5.74) is 3.38. The molecule has 1 aliphatic rings. The molecule has 1 fully saturated rings. The van der Waals surface area contributed by atoms with Gasteiger partial charge < -0.3 is 15.1 Å². The summed E-state index contributed by atoms with van der Waals surface area (Å²) in [5.74, 6) is 0.192. The highest BCUT2D eigenvalue weighted by molar-refractivity contribution is 5.78. The van der Waals surface area contributed by atoms with Crippen molar-refractivity contribution in [1.29, 1.82) is 0 Å². The summed E-state index contributed by atoms with van der Waals surface area (Å²) in [6, 6.07) is 0. The summed E-state index contributed by atoms with van der Waals surface area (Å²) in [6.07, 6.45) is 0. The monoisotopic (exact) mass is 279 g/mol. The van der Waals surface area contributed by atoms with Crippen molar-refractivity contribution in [3.05, 3.63) is 17.0 Å². The van der Waals surface area contributed by atoms with Gasteiger partial charge in [0.2, 0.25) is 5.91 Å². The molecule has 1 N–H and O–H groups in total. The quantitative estimate of drug-likeness (QED) is 0.836. The zero-order valence-electron chi connectivity index (χ0n) is 12.9. The fourth-order valence-electron chi connectivity index (χ4n) is 2.54. The highest BCUT2D eigenvalue weighted by atomic mass is 16.2. The lowest BCUT2D eigenvalue weighted by Gasteiger charge is -2.32. The van der Waals surface area contributed by atoms with E-state index in [9.17, 15) is 4.79 Å². The first kappa shape index (κ1) is 15.0. The SMILES string of the molecule is Cc1nn(C)c(C)c1CNCC(=O)N1CCN(C)CC1. The number of nitrogens with one attached hydrogen (secondary N) is 1. The van der Waals surface area contributed by atoms with E-state index in [0.717, 1.165) is 37.6 Å². The van der Waals surface area contributed by atoms with Crippen LogP contribution < -0.4 is 5.32 Å². The summed E-state index contributed by atoms with van der Waals surface area (Å²) in [7, 11) is 4.04. The molecule has 0 unspecified atom stereocenters. The van der Waals surface area contributed by atoms with Gasteiger partial charge in [-0.05, 0) is 20.9 Å². The van der Waals surface area contributed by atoms with Crippen molar-refractivity contribution >= 4 is 5.91 Å². The van der Waals surface area contributed by atoms with Gasteiger partial charge in [0.25, 0.3) is 0 Å². The van der Waals surface area contributed by atoms with Gasteiger partial charge in [-0.25, -0.2) is 0 Å². The van der Waals surface area contributed by atoms with E-state index in [0.29, 0.717) is 13.1 Å². The number of likely N-dealkylation sites (N-methyl/N-ethyl adjacent to an activating group) is 1. The van der Waals surface area contributed by atoms with Crippen LogP contribution in [0.1, 0.15) is 17.0 Å². The Morgan fingerprint density at radius 1 is 1.20 bits per heavy atom. The highest BCUT2D eigenvalue weighted by Gasteiger charge is 2.18. The summed E-state index contributed by atoms with van der Waals surface area (Å²) in [5, 5.41) is 7.63. The Hall–Kier alpha value is -1.40. The average Bonchev–Trinajstić information content (AvgIpc) is 2.65. The molecule has 1 saturated heterocycles. The topological polar surface area (TPSA) is 53.4 Å². The Morgan fingerprint density at radius 2 is 1.85 bits per heavy atom. The van der Waals surface area contributed by atoms with Crippen LogP contribution in [0.3, 0.4) is 0 Å². The first-order valence-electron chi connectivity index (χ1n) is 7.15. The molecule has 1 amide bonds. The van der Waals surface area contributed by atoms with Crippen LogP contribution in [0, 0.1) is 13.8 Å². The van der Waals surface area contributed by atoms with Crippen molar-refractivity contribution < 1.29 is 4.79 Å². The minimum atomic E-state index is 0.192. The molecule has 20 heavy (non-hydrogen) atoms. The second-order valence-corrected chi connectivity index (χ2v) is 5.56. The van der Waals surface area contributed by atoms with E-state index >= 15 is 0 Å². The molecule has 0 radical (unpaired) electrons. The number of rotatable bonds is 4. The second-order valence-electron chi connectivity index (χ2n) is 5.56. The van der Waals surface area contributed by atoms with E-state index < -0.39 is 0 Å². The molecule has 0 bridgehead atoms. The summed E-state index contributed by atoms with van der Waals surface area (Å²) in [6.45, 7) is 8.76. The number of aryl methyl sites for hydroxylation is 2. The first-order valence-corrected chi connectivity index (χ1v) is 7.15. The highest BCUT2D eigenvalue weighted by Crippen LogP contribution is 2.11. The third kappa shape index (κ3) is 3.37. The van der Waals surface area contributed by atoms with Crippen LogP contribution in [0.2, 0.25) is 0 Å². The van der Waals surface area contributed by atoms with Crippen LogP contribution in [-0.2, 0) is 18.4 Å². The molecule has 6 heteroatoms. The van der Waals surface area contributed by atoms with Crippen LogP contribution in [-0.4, -0.2) is 65.3 Å². The van der Waals surface area contributed by atoms with Gasteiger partial charge in [-0.2, -0.15) is 5.10 Å². The van der Waals surface area contributed by atoms with E-state index in [1.165, 1.54) is 5.56 Å². The third-order valence-electron chi connectivity index (χ3n) is 4.09. The number of aromatic nitrogens is 2. The fourth-order valence-corrected chi connectivity index (χ4v) is 2.54. The molecule has 0 saturated carbocycles. The smallest absolute Gasteiger partial charge is 0.236 e. The molecule has 2 rings (SSSR count). The van der Waals surface area contributed by atoms with E-state index in [2.05, 4.69) is 29.3 Å². The molecule has 6 nitrogen and oxygen atoms in total. The number of carbonyl (C=O) groups is 1. The number of amides is 1. The van der Waals surface area contributed by atoms with Crippen molar-refractivity contribution in [3.8, 4) is 0 Å². The fraction of sp³-hybridized carbons (Fsp3) is 0.714. The molecule has 0 atom stereocenters. The van der Waals surface area contributed by atoms with Crippen LogP contribution >= 0.6 is 0 Å². The van der Waals surface area contributed by atoms with Crippen molar-refractivity contribution in [3.63, 3.8) is 0 Å². The Kier molecular flexibility index (Phi) is 4.77. The van der Waals surface area contributed by atoms with Crippen molar-refractivity contribution in [2.24, 2.45) is 7.05 Å². The average molecular weight is 279 g/mol. The van der Waals surface area contributed by atoms with E-state index in [4.69, 9.17) is 0 Å². The normalized spacial score (nSPS) is 16.7. The van der Waals surface area contributed by atoms with Gasteiger partial charge in [-0.15, -0.1) is 0 Å². The lowest BCUT2D eigenvalue weighted by atomic mass is 10.2. The Morgan fingerprint density at radius 3 is 2.40 bits per heavy atom. The predicted molar refractivity (Wildman–Crippen MR) is 78.5 cm³/mol. The van der Waals surface area contributed by atoms with Crippen LogP contribution in [0.25, 0.3) is 0 Å². The number of hydrogen-bond acceptors (Lipinski definition) is 4. The lowest BCUT2D eigenvalue weighted by molar-refractivity contribution is -0.131. The summed E-state index contributed by atoms with van der Waals surface area (Å²) >= 11 is 0. The van der Waals surface area contributed by atoms with Crippen LogP contribution in [0.4, 0.5) is 0 Å². The minimum Gasteiger partial charge on any atom is -0.339 e. The summed E-state index contributed by atoms with van der Waals surface area (Å²) < 4.78 is 1.88. The van der Waals surface area contributed by atoms with Crippen molar-refractivity contribution in [2.75, 3.05) is 39.8 Å². The molecule has 1 aliphatic heterocycles. The third-order valence-corrected chi connectivity index (χ3v) is 4.09. The van der Waals surface area contributed by atoms with E-state index in [1.807, 2.05) is 23.6 Å². The Balaban J connectivity index is 1.79. The van der Waals surface area contributed by atoms with Crippen molar-refractivity contribution in [2.45, 2.75) is 20.4 Å². The van der Waals surface area contributed by atoms with Gasteiger partial charge in [0.1, 0.15) is 0 Å². The Bertz CT molecular complexity index is 474. The first-order chi connectivity index (χ1) is 9.49. The molecule has 1 aromatic rings. The van der Waals surface area contributed by atoms with Crippen LogP contribution in [0.5, 0.6) is 0 Å². The molecule has 1 aromatic heterocycles. The largest absolute Gasteiger partial charge is 0.339 e. The van der Waals surface area contributed by atoms with E-state index in [1.54, 1.807) is 0 Å². The predicted octanol–water partition coefficient (Wildman–Crippen LogP) is -0.0995. The van der Waals surface area contributed by atoms with Gasteiger partial charge in [0.05, 0.1) is 12.2 Å². The van der Waals surface area contributed by atoms with Gasteiger partial charge in [-0.1, -0.05) is 0 Å². The molecule has 0 aliphatic carbocycles. The molecule has 0 spiro atoms. The molecular formula is C14H25N5O. The number of nitrogens with zero attached hydrogens (tertiary/aromatic N) is 4. The Labute approximate surface area is 120 Å². The second kappa shape index (κ2) is 6.37. The minimum absolute atomic E-state index is 0.192. The molecular weight excluding hydrogens is 254 g/mol. The molecule has 2 heterocycles. The summed E-state index contributed by atoms with van der Waals surface area (Å²) in [4.78, 5) is 16.3. The standard InChI is InChI=1S/C14H25N5O/c1-11-13(12(2)18(4)16-11)9-15-10-14(20)19-7-5-17(3)6-8-19/h15H,5-10H2,1-4H3. The van der Waals surface area contributed by atoms with Gasteiger partial charge >= 0.3 is 0 Å². The van der Waals surface area contributed by atoms with Gasteiger partial charge in [-0.3, -0.25) is 9.48 Å². The van der Waals surface area contributed by atoms with Gasteiger partial charge in [0.15, 0.2) is 0 Å². The zero-order chi connectivity index (χ0) is 14.7. The number of piperazine rings is 1. The van der Waals surface area contributed by atoms with E-state index in [-0.39, 0.29) is 5.91 Å². The maximum atomic E-state index is 12.1. The maximum absolute atomic E-state index is 12.1. The van der Waals surface area contributed by atoms with Crippen LogP contribution in [0.15, 0.2) is 0 Å². The lowest BCUT2D eigenvalue weighted by Crippen LogP contribution is -2.49. The maximum Gasteiger partial charge on any atom is 0.236 e. The zero-order valence-corrected chi connectivity index (χ0v) is 12.9.